The van der Waals surface area contributed by atoms with Gasteiger partial charge in [0.05, 0.1) is 11.4 Å². The molecular weight excluding hydrogens is 328 g/mol. The highest BCUT2D eigenvalue weighted by Gasteiger charge is 2.08. The molecule has 26 heavy (non-hydrogen) atoms. The lowest BCUT2D eigenvalue weighted by Gasteiger charge is -2.11. The number of rotatable bonds is 8. The molecule has 2 rings (SSSR count). The van der Waals surface area contributed by atoms with Crippen molar-refractivity contribution in [2.75, 3.05) is 13.7 Å². The van der Waals surface area contributed by atoms with Crippen LogP contribution in [0.1, 0.15) is 43.5 Å². The van der Waals surface area contributed by atoms with Crippen LogP contribution in [0.4, 0.5) is 0 Å². The molecule has 2 heterocycles. The maximum atomic E-state index is 5.52. The fourth-order valence-corrected chi connectivity index (χ4v) is 2.45. The van der Waals surface area contributed by atoms with Crippen LogP contribution in [-0.2, 0) is 16.1 Å². The van der Waals surface area contributed by atoms with Crippen molar-refractivity contribution in [1.29, 1.82) is 0 Å². The molecule has 0 amide bonds. The smallest absolute Gasteiger partial charge is 0.120 e. The first kappa shape index (κ1) is 19.6. The summed E-state index contributed by atoms with van der Waals surface area (Å²) in [6.07, 6.45) is 0.797. The lowest BCUT2D eigenvalue weighted by atomic mass is 10.1. The molecule has 0 saturated carbocycles. The average molecular weight is 354 g/mol. The molecule has 0 N–H and O–H groups in total. The van der Waals surface area contributed by atoms with E-state index in [-0.39, 0.29) is 5.92 Å². The van der Waals surface area contributed by atoms with Crippen molar-refractivity contribution in [3.05, 3.63) is 59.2 Å². The van der Waals surface area contributed by atoms with E-state index in [0.717, 1.165) is 40.6 Å². The molecule has 0 spiro atoms. The van der Waals surface area contributed by atoms with Gasteiger partial charge in [0.25, 0.3) is 0 Å². The van der Waals surface area contributed by atoms with Crippen LogP contribution in [-0.4, -0.2) is 35.1 Å². The maximum absolute atomic E-state index is 5.52. The quantitative estimate of drug-likeness (QED) is 0.534. The molecule has 6 nitrogen and oxygen atoms in total. The monoisotopic (exact) mass is 354 g/mol. The van der Waals surface area contributed by atoms with Crippen molar-refractivity contribution in [3.63, 3.8) is 0 Å². The van der Waals surface area contributed by atoms with Gasteiger partial charge in [0.15, 0.2) is 0 Å². The molecule has 0 aliphatic rings. The van der Waals surface area contributed by atoms with Gasteiger partial charge < -0.3 is 9.68 Å². The molecule has 0 radical (unpaired) electrons. The van der Waals surface area contributed by atoms with Gasteiger partial charge in [0.1, 0.15) is 25.1 Å². The van der Waals surface area contributed by atoms with Crippen molar-refractivity contribution in [1.82, 2.24) is 9.97 Å². The first-order valence-corrected chi connectivity index (χ1v) is 8.64. The zero-order valence-corrected chi connectivity index (χ0v) is 16.1. The van der Waals surface area contributed by atoms with Crippen molar-refractivity contribution >= 4 is 11.4 Å². The Labute approximate surface area is 155 Å². The summed E-state index contributed by atoms with van der Waals surface area (Å²) in [5.74, 6) is 0.277. The molecular formula is C20H26N4O2. The first-order chi connectivity index (χ1) is 12.5. The minimum Gasteiger partial charge on any atom is -0.399 e. The summed E-state index contributed by atoms with van der Waals surface area (Å²) < 4.78 is 0. The second-order valence-corrected chi connectivity index (χ2v) is 6.32. The zero-order valence-electron chi connectivity index (χ0n) is 16.1. The minimum absolute atomic E-state index is 0.277. The highest BCUT2D eigenvalue weighted by atomic mass is 16.6. The third-order valence-corrected chi connectivity index (χ3v) is 3.78. The normalized spacial score (nSPS) is 13.4. The van der Waals surface area contributed by atoms with Gasteiger partial charge >= 0.3 is 0 Å². The van der Waals surface area contributed by atoms with Crippen molar-refractivity contribution in [2.45, 2.75) is 34.1 Å². The van der Waals surface area contributed by atoms with Crippen LogP contribution < -0.4 is 0 Å². The largest absolute Gasteiger partial charge is 0.399 e. The maximum Gasteiger partial charge on any atom is 0.120 e. The van der Waals surface area contributed by atoms with Crippen molar-refractivity contribution in [3.8, 4) is 0 Å². The Hall–Kier alpha value is -2.76. The van der Waals surface area contributed by atoms with Gasteiger partial charge in [-0.05, 0) is 57.4 Å². The molecule has 1 atom stereocenters. The van der Waals surface area contributed by atoms with E-state index in [1.807, 2.05) is 57.2 Å². The van der Waals surface area contributed by atoms with E-state index in [2.05, 4.69) is 27.2 Å². The highest BCUT2D eigenvalue weighted by molar-refractivity contribution is 5.96. The molecule has 138 valence electrons. The Morgan fingerprint density at radius 3 is 2.35 bits per heavy atom. The average Bonchev–Trinajstić information content (AvgIpc) is 2.62. The summed E-state index contributed by atoms with van der Waals surface area (Å²) in [7, 11) is 1.53. The van der Waals surface area contributed by atoms with Gasteiger partial charge in [-0.3, -0.25) is 9.97 Å². The molecule has 0 aliphatic carbocycles. The summed E-state index contributed by atoms with van der Waals surface area (Å²) in [6.45, 7) is 8.36. The van der Waals surface area contributed by atoms with Gasteiger partial charge in [-0.15, -0.1) is 0 Å². The van der Waals surface area contributed by atoms with Gasteiger partial charge in [0, 0.05) is 11.4 Å². The number of oxime groups is 2. The standard InChI is InChI=1S/C20H26N4O2/c1-14(12-18-9-7-11-20(22-18)16(3)23-25-5)13-26-24-17(4)19-10-6-8-15(2)21-19/h6-11,14H,12-13H2,1-5H3. The van der Waals surface area contributed by atoms with Gasteiger partial charge in [-0.25, -0.2) is 0 Å². The van der Waals surface area contributed by atoms with E-state index in [1.54, 1.807) is 0 Å². The van der Waals surface area contributed by atoms with Crippen molar-refractivity contribution < 1.29 is 9.68 Å². The third-order valence-electron chi connectivity index (χ3n) is 3.78. The number of hydrogen-bond acceptors (Lipinski definition) is 6. The predicted octanol–water partition coefficient (Wildman–Crippen LogP) is 3.77. The fourth-order valence-electron chi connectivity index (χ4n) is 2.45. The van der Waals surface area contributed by atoms with E-state index < -0.39 is 0 Å². The lowest BCUT2D eigenvalue weighted by molar-refractivity contribution is 0.112. The molecule has 0 fully saturated rings. The molecule has 0 aliphatic heterocycles. The summed E-state index contributed by atoms with van der Waals surface area (Å²) in [5, 5.41) is 8.11. The highest BCUT2D eigenvalue weighted by Crippen LogP contribution is 2.09. The Morgan fingerprint density at radius 1 is 1.00 bits per heavy atom. The van der Waals surface area contributed by atoms with E-state index >= 15 is 0 Å². The number of hydrogen-bond donors (Lipinski definition) is 0. The minimum atomic E-state index is 0.277. The van der Waals surface area contributed by atoms with Crippen LogP contribution in [0.25, 0.3) is 0 Å². The van der Waals surface area contributed by atoms with E-state index in [4.69, 9.17) is 9.68 Å². The van der Waals surface area contributed by atoms with Crippen LogP contribution in [0.15, 0.2) is 46.7 Å². The van der Waals surface area contributed by atoms with E-state index in [9.17, 15) is 0 Å². The fraction of sp³-hybridized carbons (Fsp3) is 0.400. The van der Waals surface area contributed by atoms with E-state index in [0.29, 0.717) is 6.61 Å². The Morgan fingerprint density at radius 2 is 1.65 bits per heavy atom. The van der Waals surface area contributed by atoms with Crippen LogP contribution >= 0.6 is 0 Å². The summed E-state index contributed by atoms with van der Waals surface area (Å²) >= 11 is 0. The predicted molar refractivity (Wildman–Crippen MR) is 103 cm³/mol. The van der Waals surface area contributed by atoms with Crippen molar-refractivity contribution in [2.24, 2.45) is 16.2 Å². The van der Waals surface area contributed by atoms with Gasteiger partial charge in [-0.1, -0.05) is 29.4 Å². The van der Waals surface area contributed by atoms with Crippen LogP contribution in [0.3, 0.4) is 0 Å². The molecule has 0 aromatic carbocycles. The molecule has 0 bridgehead atoms. The SMILES string of the molecule is CON=C(C)c1cccc(CC(C)CON=C(C)c2cccc(C)n2)n1. The number of pyridine rings is 2. The molecule has 1 unspecified atom stereocenters. The molecule has 6 heteroatoms. The van der Waals surface area contributed by atoms with Crippen LogP contribution in [0.5, 0.6) is 0 Å². The second-order valence-electron chi connectivity index (χ2n) is 6.32. The van der Waals surface area contributed by atoms with Gasteiger partial charge in [0.2, 0.25) is 0 Å². The topological polar surface area (TPSA) is 69.0 Å². The zero-order chi connectivity index (χ0) is 18.9. The second kappa shape index (κ2) is 9.65. The van der Waals surface area contributed by atoms with Crippen LogP contribution in [0.2, 0.25) is 0 Å². The van der Waals surface area contributed by atoms with Crippen LogP contribution in [0, 0.1) is 12.8 Å². The number of aryl methyl sites for hydroxylation is 1. The molecule has 0 saturated heterocycles. The Kier molecular flexibility index (Phi) is 7.26. The van der Waals surface area contributed by atoms with Gasteiger partial charge in [-0.2, -0.15) is 0 Å². The molecule has 2 aromatic heterocycles. The summed E-state index contributed by atoms with van der Waals surface area (Å²) in [4.78, 5) is 19.4. The third kappa shape index (κ3) is 5.95. The number of aromatic nitrogens is 2. The molecule has 2 aromatic rings. The summed E-state index contributed by atoms with van der Waals surface area (Å²) in [6, 6.07) is 11.8. The Balaban J connectivity index is 1.91. The Bertz CT molecular complexity index is 787. The first-order valence-electron chi connectivity index (χ1n) is 8.64. The lowest BCUT2D eigenvalue weighted by Crippen LogP contribution is -2.10. The summed E-state index contributed by atoms with van der Waals surface area (Å²) in [5.41, 5.74) is 5.13. The number of nitrogens with zero attached hydrogens (tertiary/aromatic N) is 4. The van der Waals surface area contributed by atoms with E-state index in [1.165, 1.54) is 7.11 Å².